The lowest BCUT2D eigenvalue weighted by Crippen LogP contribution is -2.52. The molecule has 1 aliphatic heterocycles. The molecule has 0 aromatic heterocycles. The maximum absolute atomic E-state index is 12.7. The predicted molar refractivity (Wildman–Crippen MR) is 133 cm³/mol. The Bertz CT molecular complexity index is 1030. The van der Waals surface area contributed by atoms with Crippen LogP contribution in [0.25, 0.3) is 11.1 Å². The van der Waals surface area contributed by atoms with Crippen molar-refractivity contribution in [1.82, 2.24) is 10.2 Å². The molecular weight excluding hydrogens is 444 g/mol. The number of aliphatic carboxylic acids is 1. The first-order valence-corrected chi connectivity index (χ1v) is 12.4. The number of likely N-dealkylation sites (tertiary alicyclic amines) is 1. The molecule has 1 saturated heterocycles. The van der Waals surface area contributed by atoms with Crippen molar-refractivity contribution in [2.45, 2.75) is 51.5 Å². The molecule has 1 fully saturated rings. The summed E-state index contributed by atoms with van der Waals surface area (Å²) in [5, 5.41) is 11.7. The van der Waals surface area contributed by atoms with Gasteiger partial charge in [-0.1, -0.05) is 62.4 Å². The molecule has 2 amide bonds. The van der Waals surface area contributed by atoms with Crippen LogP contribution in [0.5, 0.6) is 0 Å². The Hall–Kier alpha value is -3.35. The van der Waals surface area contributed by atoms with Gasteiger partial charge in [-0.3, -0.25) is 9.59 Å². The van der Waals surface area contributed by atoms with Crippen molar-refractivity contribution in [3.63, 3.8) is 0 Å². The Morgan fingerprint density at radius 2 is 1.63 bits per heavy atom. The molecule has 2 aromatic rings. The van der Waals surface area contributed by atoms with Gasteiger partial charge in [0.05, 0.1) is 0 Å². The van der Waals surface area contributed by atoms with Crippen molar-refractivity contribution < 1.29 is 24.2 Å². The zero-order valence-corrected chi connectivity index (χ0v) is 20.4. The quantitative estimate of drug-likeness (QED) is 0.518. The average molecular weight is 479 g/mol. The fraction of sp³-hybridized carbons (Fsp3) is 0.464. The normalized spacial score (nSPS) is 15.8. The highest BCUT2D eigenvalue weighted by Gasteiger charge is 2.33. The largest absolute Gasteiger partial charge is 0.481 e. The number of ether oxygens (including phenoxy) is 1. The van der Waals surface area contributed by atoms with E-state index in [1.54, 1.807) is 4.90 Å². The number of fused-ring (bicyclic) bond motifs is 3. The van der Waals surface area contributed by atoms with Crippen LogP contribution in [0.15, 0.2) is 48.5 Å². The van der Waals surface area contributed by atoms with Crippen LogP contribution >= 0.6 is 0 Å². The summed E-state index contributed by atoms with van der Waals surface area (Å²) in [6, 6.07) is 16.1. The molecule has 0 spiro atoms. The lowest BCUT2D eigenvalue weighted by atomic mass is 9.92. The lowest BCUT2D eigenvalue weighted by Gasteiger charge is -2.40. The van der Waals surface area contributed by atoms with E-state index >= 15 is 0 Å². The Kier molecular flexibility index (Phi) is 7.73. The number of alkyl carbamates (subject to hydrolysis) is 1. The van der Waals surface area contributed by atoms with Crippen molar-refractivity contribution >= 4 is 18.0 Å². The fourth-order valence-corrected chi connectivity index (χ4v) is 5.06. The van der Waals surface area contributed by atoms with Gasteiger partial charge in [-0.2, -0.15) is 0 Å². The van der Waals surface area contributed by atoms with Gasteiger partial charge in [0.1, 0.15) is 6.61 Å². The number of carbonyl (C=O) groups excluding carboxylic acids is 2. The molecule has 7 nitrogen and oxygen atoms in total. The number of carboxylic acids is 1. The second kappa shape index (κ2) is 10.9. The number of hydrogen-bond donors (Lipinski definition) is 2. The summed E-state index contributed by atoms with van der Waals surface area (Å²) in [5.74, 6) is -0.335. The molecule has 1 atom stereocenters. The topological polar surface area (TPSA) is 95.9 Å². The SMILES string of the molecule is CC(C)C(CC(=O)N1CC(CCCC(=O)O)C1)NC(=O)OCC1c2ccccc2-c2ccccc21. The van der Waals surface area contributed by atoms with Crippen LogP contribution in [0.4, 0.5) is 4.79 Å². The van der Waals surface area contributed by atoms with Crippen LogP contribution in [-0.4, -0.2) is 53.7 Å². The number of benzene rings is 2. The molecular formula is C28H34N2O5. The van der Waals surface area contributed by atoms with Gasteiger partial charge >= 0.3 is 12.1 Å². The minimum Gasteiger partial charge on any atom is -0.481 e. The van der Waals surface area contributed by atoms with E-state index in [1.165, 1.54) is 11.1 Å². The van der Waals surface area contributed by atoms with Crippen molar-refractivity contribution in [3.8, 4) is 11.1 Å². The molecule has 1 heterocycles. The third kappa shape index (κ3) is 5.84. The maximum Gasteiger partial charge on any atom is 0.407 e. The molecule has 2 aliphatic rings. The monoisotopic (exact) mass is 478 g/mol. The molecule has 1 unspecified atom stereocenters. The molecule has 7 heteroatoms. The van der Waals surface area contributed by atoms with Gasteiger partial charge in [0.15, 0.2) is 0 Å². The van der Waals surface area contributed by atoms with E-state index in [9.17, 15) is 14.4 Å². The maximum atomic E-state index is 12.7. The van der Waals surface area contributed by atoms with Crippen LogP contribution in [-0.2, 0) is 14.3 Å². The Morgan fingerprint density at radius 3 is 2.20 bits per heavy atom. The number of nitrogens with zero attached hydrogens (tertiary/aromatic N) is 1. The third-order valence-corrected chi connectivity index (χ3v) is 7.16. The first kappa shape index (κ1) is 24.8. The number of nitrogens with one attached hydrogen (secondary N) is 1. The van der Waals surface area contributed by atoms with E-state index < -0.39 is 12.1 Å². The first-order chi connectivity index (χ1) is 16.8. The second-order valence-corrected chi connectivity index (χ2v) is 9.98. The summed E-state index contributed by atoms with van der Waals surface area (Å²) in [4.78, 5) is 37.9. The van der Waals surface area contributed by atoms with Crippen molar-refractivity contribution in [2.75, 3.05) is 19.7 Å². The molecule has 0 saturated carbocycles. The van der Waals surface area contributed by atoms with E-state index in [2.05, 4.69) is 29.6 Å². The number of carboxylic acid groups (broad SMARTS) is 1. The zero-order valence-electron chi connectivity index (χ0n) is 20.4. The molecule has 0 radical (unpaired) electrons. The number of hydrogen-bond acceptors (Lipinski definition) is 4. The summed E-state index contributed by atoms with van der Waals surface area (Å²) in [6.45, 7) is 5.52. The van der Waals surface area contributed by atoms with Crippen LogP contribution < -0.4 is 5.32 Å². The summed E-state index contributed by atoms with van der Waals surface area (Å²) in [7, 11) is 0. The van der Waals surface area contributed by atoms with E-state index in [0.29, 0.717) is 25.4 Å². The lowest BCUT2D eigenvalue weighted by molar-refractivity contribution is -0.140. The predicted octanol–water partition coefficient (Wildman–Crippen LogP) is 4.65. The van der Waals surface area contributed by atoms with Crippen molar-refractivity contribution in [3.05, 3.63) is 59.7 Å². The minimum atomic E-state index is -0.781. The molecule has 1 aliphatic carbocycles. The van der Waals surface area contributed by atoms with Crippen LogP contribution in [0.3, 0.4) is 0 Å². The fourth-order valence-electron chi connectivity index (χ4n) is 5.06. The Labute approximate surface area is 206 Å². The van der Waals surface area contributed by atoms with Gasteiger partial charge in [0.2, 0.25) is 5.91 Å². The number of rotatable bonds is 10. The highest BCUT2D eigenvalue weighted by atomic mass is 16.5. The smallest absolute Gasteiger partial charge is 0.407 e. The van der Waals surface area contributed by atoms with Crippen LogP contribution in [0, 0.1) is 11.8 Å². The summed E-state index contributed by atoms with van der Waals surface area (Å²) in [6.07, 6.45) is 1.35. The van der Waals surface area contributed by atoms with Crippen LogP contribution in [0.1, 0.15) is 56.6 Å². The third-order valence-electron chi connectivity index (χ3n) is 7.16. The van der Waals surface area contributed by atoms with E-state index in [-0.39, 0.29) is 43.2 Å². The minimum absolute atomic E-state index is 0.00794. The highest BCUT2D eigenvalue weighted by Crippen LogP contribution is 2.44. The molecule has 2 N–H and O–H groups in total. The van der Waals surface area contributed by atoms with Gasteiger partial charge in [-0.25, -0.2) is 4.79 Å². The van der Waals surface area contributed by atoms with E-state index in [0.717, 1.165) is 17.5 Å². The van der Waals surface area contributed by atoms with Gasteiger partial charge in [0, 0.05) is 37.9 Å². The molecule has 186 valence electrons. The molecule has 0 bridgehead atoms. The van der Waals surface area contributed by atoms with Crippen molar-refractivity contribution in [2.24, 2.45) is 11.8 Å². The standard InChI is InChI=1S/C28H34N2O5/c1-18(2)25(14-26(31)30-15-19(16-30)8-7-13-27(32)33)29-28(34)35-17-24-22-11-5-3-9-20(22)21-10-4-6-12-23(21)24/h3-6,9-12,18-19,24-25H,7-8,13-17H2,1-2H3,(H,29,34)(H,32,33). The van der Waals surface area contributed by atoms with E-state index in [4.69, 9.17) is 9.84 Å². The van der Waals surface area contributed by atoms with E-state index in [1.807, 2.05) is 38.1 Å². The van der Waals surface area contributed by atoms with Gasteiger partial charge in [-0.05, 0) is 46.9 Å². The second-order valence-electron chi connectivity index (χ2n) is 9.98. The molecule has 35 heavy (non-hydrogen) atoms. The zero-order chi connectivity index (χ0) is 24.9. The summed E-state index contributed by atoms with van der Waals surface area (Å²) in [5.41, 5.74) is 4.68. The van der Waals surface area contributed by atoms with Gasteiger partial charge in [0.25, 0.3) is 0 Å². The first-order valence-electron chi connectivity index (χ1n) is 12.4. The Balaban J connectivity index is 1.27. The van der Waals surface area contributed by atoms with Crippen LogP contribution in [0.2, 0.25) is 0 Å². The summed E-state index contributed by atoms with van der Waals surface area (Å²) < 4.78 is 5.66. The van der Waals surface area contributed by atoms with Gasteiger partial charge in [-0.15, -0.1) is 0 Å². The number of amides is 2. The van der Waals surface area contributed by atoms with Crippen molar-refractivity contribution in [1.29, 1.82) is 0 Å². The Morgan fingerprint density at radius 1 is 1.03 bits per heavy atom. The number of carbonyl (C=O) groups is 3. The molecule has 4 rings (SSSR count). The summed E-state index contributed by atoms with van der Waals surface area (Å²) >= 11 is 0. The van der Waals surface area contributed by atoms with Gasteiger partial charge < -0.3 is 20.1 Å². The average Bonchev–Trinajstić information content (AvgIpc) is 3.12. The molecule has 2 aromatic carbocycles. The highest BCUT2D eigenvalue weighted by molar-refractivity contribution is 5.80.